The minimum atomic E-state index is -0.0972. The summed E-state index contributed by atoms with van der Waals surface area (Å²) < 4.78 is 0. The minimum Gasteiger partial charge on any atom is -0.355 e. The van der Waals surface area contributed by atoms with Crippen molar-refractivity contribution in [2.45, 2.75) is 11.8 Å². The molecule has 2 heterocycles. The molecule has 0 radical (unpaired) electrons. The molecule has 1 aromatic heterocycles. The summed E-state index contributed by atoms with van der Waals surface area (Å²) in [7, 11) is 0. The van der Waals surface area contributed by atoms with Crippen molar-refractivity contribution in [1.29, 1.82) is 0 Å². The number of carbonyl (C=O) groups is 1. The van der Waals surface area contributed by atoms with E-state index >= 15 is 0 Å². The Morgan fingerprint density at radius 3 is 3.08 bits per heavy atom. The average Bonchev–Trinajstić information content (AvgIpc) is 2.49. The topological polar surface area (TPSA) is 29.1 Å². The monoisotopic (exact) mass is 179 g/mol. The highest BCUT2D eigenvalue weighted by atomic mass is 32.1. The van der Waals surface area contributed by atoms with Gasteiger partial charge >= 0.3 is 0 Å². The summed E-state index contributed by atoms with van der Waals surface area (Å²) in [5.41, 5.74) is 1.13. The van der Waals surface area contributed by atoms with Gasteiger partial charge in [0.2, 0.25) is 5.91 Å². The smallest absolute Gasteiger partial charge is 0.231 e. The number of piperidine rings is 1. The molecule has 62 valence electrons. The van der Waals surface area contributed by atoms with Crippen molar-refractivity contribution in [3.8, 4) is 0 Å². The molecule has 1 aromatic rings. The van der Waals surface area contributed by atoms with Crippen LogP contribution in [0.2, 0.25) is 0 Å². The molecule has 1 saturated carbocycles. The molecule has 1 aliphatic heterocycles. The van der Waals surface area contributed by atoms with Crippen LogP contribution in [0.1, 0.15) is 12.0 Å². The zero-order valence-electron chi connectivity index (χ0n) is 6.54. The third kappa shape index (κ3) is 0.591. The fourth-order valence-electron chi connectivity index (χ4n) is 2.23. The van der Waals surface area contributed by atoms with Gasteiger partial charge in [-0.3, -0.25) is 4.79 Å². The van der Waals surface area contributed by atoms with E-state index in [-0.39, 0.29) is 11.3 Å². The lowest BCUT2D eigenvalue weighted by atomic mass is 9.98. The first-order valence-electron chi connectivity index (χ1n) is 4.15. The summed E-state index contributed by atoms with van der Waals surface area (Å²) in [6.07, 6.45) is 1.07. The predicted molar refractivity (Wildman–Crippen MR) is 47.1 cm³/mol. The fourth-order valence-corrected chi connectivity index (χ4v) is 2.97. The van der Waals surface area contributed by atoms with Gasteiger partial charge in [-0.05, 0) is 34.7 Å². The van der Waals surface area contributed by atoms with Crippen LogP contribution in [0, 0.1) is 5.92 Å². The Balaban J connectivity index is 2.08. The number of amides is 1. The Morgan fingerprint density at radius 1 is 1.67 bits per heavy atom. The van der Waals surface area contributed by atoms with Crippen LogP contribution in [0.15, 0.2) is 16.8 Å². The molecule has 1 amide bonds. The van der Waals surface area contributed by atoms with E-state index in [0.717, 1.165) is 13.0 Å². The Hall–Kier alpha value is -0.830. The molecule has 2 nitrogen and oxygen atoms in total. The number of thiophene rings is 1. The number of hydrogen-bond donors (Lipinski definition) is 1. The largest absolute Gasteiger partial charge is 0.355 e. The Bertz CT molecular complexity index is 332. The van der Waals surface area contributed by atoms with Gasteiger partial charge in [-0.15, -0.1) is 0 Å². The first kappa shape index (κ1) is 6.66. The summed E-state index contributed by atoms with van der Waals surface area (Å²) in [5.74, 6) is 0.825. The van der Waals surface area contributed by atoms with Gasteiger partial charge in [0.25, 0.3) is 0 Å². The Kier molecular flexibility index (Phi) is 1.06. The standard InChI is InChI=1S/C9H9NOS/c11-8-9(3-7(9)4-10-8)6-1-2-12-5-6/h1-2,5,7H,3-4H2,(H,10,11)/t7-,9+/m0/s1. The van der Waals surface area contributed by atoms with Crippen LogP contribution in [0.25, 0.3) is 0 Å². The van der Waals surface area contributed by atoms with Crippen LogP contribution in [0.5, 0.6) is 0 Å². The second kappa shape index (κ2) is 1.91. The van der Waals surface area contributed by atoms with Gasteiger partial charge in [-0.25, -0.2) is 0 Å². The van der Waals surface area contributed by atoms with Gasteiger partial charge in [0, 0.05) is 6.54 Å². The maximum atomic E-state index is 11.5. The summed E-state index contributed by atoms with van der Waals surface area (Å²) >= 11 is 1.67. The molecule has 2 aliphatic rings. The molecular weight excluding hydrogens is 170 g/mol. The molecule has 0 spiro atoms. The quantitative estimate of drug-likeness (QED) is 0.688. The Labute approximate surface area is 74.6 Å². The summed E-state index contributed by atoms with van der Waals surface area (Å²) in [4.78, 5) is 11.5. The fraction of sp³-hybridized carbons (Fsp3) is 0.444. The van der Waals surface area contributed by atoms with Crippen LogP contribution in [-0.2, 0) is 10.2 Å². The zero-order chi connectivity index (χ0) is 8.18. The Morgan fingerprint density at radius 2 is 2.58 bits per heavy atom. The molecule has 0 bridgehead atoms. The molecular formula is C9H9NOS. The van der Waals surface area contributed by atoms with E-state index in [2.05, 4.69) is 16.8 Å². The van der Waals surface area contributed by atoms with E-state index in [1.807, 2.05) is 5.38 Å². The van der Waals surface area contributed by atoms with Gasteiger partial charge in [-0.2, -0.15) is 11.3 Å². The van der Waals surface area contributed by atoms with Gasteiger partial charge in [-0.1, -0.05) is 0 Å². The summed E-state index contributed by atoms with van der Waals surface area (Å²) in [6, 6.07) is 2.08. The minimum absolute atomic E-state index is 0.0972. The molecule has 2 fully saturated rings. The maximum Gasteiger partial charge on any atom is 0.231 e. The average molecular weight is 179 g/mol. The number of hydrogen-bond acceptors (Lipinski definition) is 2. The summed E-state index contributed by atoms with van der Waals surface area (Å²) in [6.45, 7) is 0.884. The van der Waals surface area contributed by atoms with Gasteiger partial charge in [0.1, 0.15) is 0 Å². The number of carbonyl (C=O) groups excluding carboxylic acids is 1. The molecule has 0 unspecified atom stereocenters. The number of fused-ring (bicyclic) bond motifs is 1. The molecule has 0 aromatic carbocycles. The van der Waals surface area contributed by atoms with E-state index in [0.29, 0.717) is 5.92 Å². The first-order chi connectivity index (χ1) is 5.84. The van der Waals surface area contributed by atoms with E-state index < -0.39 is 0 Å². The van der Waals surface area contributed by atoms with Crippen molar-refractivity contribution in [3.63, 3.8) is 0 Å². The zero-order valence-corrected chi connectivity index (χ0v) is 7.36. The van der Waals surface area contributed by atoms with Crippen molar-refractivity contribution in [3.05, 3.63) is 22.4 Å². The van der Waals surface area contributed by atoms with E-state index in [9.17, 15) is 4.79 Å². The van der Waals surface area contributed by atoms with Crippen LogP contribution in [0.3, 0.4) is 0 Å². The van der Waals surface area contributed by atoms with Gasteiger partial charge in [0.15, 0.2) is 0 Å². The normalized spacial score (nSPS) is 37.7. The molecule has 3 rings (SSSR count). The first-order valence-corrected chi connectivity index (χ1v) is 5.09. The van der Waals surface area contributed by atoms with Crippen molar-refractivity contribution >= 4 is 17.2 Å². The van der Waals surface area contributed by atoms with Crippen molar-refractivity contribution in [1.82, 2.24) is 5.32 Å². The molecule has 12 heavy (non-hydrogen) atoms. The van der Waals surface area contributed by atoms with Crippen molar-refractivity contribution in [2.24, 2.45) is 5.92 Å². The lowest BCUT2D eigenvalue weighted by Crippen LogP contribution is -2.27. The number of nitrogens with one attached hydrogen (secondary N) is 1. The highest BCUT2D eigenvalue weighted by Crippen LogP contribution is 2.57. The number of rotatable bonds is 1. The van der Waals surface area contributed by atoms with E-state index in [1.54, 1.807) is 11.3 Å². The molecule has 3 heteroatoms. The molecule has 1 N–H and O–H groups in total. The second-order valence-corrected chi connectivity index (χ2v) is 4.37. The second-order valence-electron chi connectivity index (χ2n) is 3.59. The van der Waals surface area contributed by atoms with Gasteiger partial charge < -0.3 is 5.32 Å². The lowest BCUT2D eigenvalue weighted by molar-refractivity contribution is -0.122. The SMILES string of the molecule is O=C1NC[C@@H]2C[C@]12c1ccsc1. The lowest BCUT2D eigenvalue weighted by Gasteiger charge is -2.06. The summed E-state index contributed by atoms with van der Waals surface area (Å²) in [5, 5.41) is 7.06. The molecule has 2 atom stereocenters. The van der Waals surface area contributed by atoms with Crippen molar-refractivity contribution < 1.29 is 4.79 Å². The maximum absolute atomic E-state index is 11.5. The molecule has 1 aliphatic carbocycles. The van der Waals surface area contributed by atoms with Crippen molar-refractivity contribution in [2.75, 3.05) is 6.54 Å². The van der Waals surface area contributed by atoms with Crippen LogP contribution < -0.4 is 5.32 Å². The van der Waals surface area contributed by atoms with Crippen LogP contribution >= 0.6 is 11.3 Å². The van der Waals surface area contributed by atoms with E-state index in [4.69, 9.17) is 0 Å². The molecule has 1 saturated heterocycles. The predicted octanol–water partition coefficient (Wildman–Crippen LogP) is 1.14. The van der Waals surface area contributed by atoms with Crippen LogP contribution in [0.4, 0.5) is 0 Å². The third-order valence-electron chi connectivity index (χ3n) is 3.06. The highest BCUT2D eigenvalue weighted by Gasteiger charge is 2.64. The van der Waals surface area contributed by atoms with E-state index in [1.165, 1.54) is 5.56 Å². The van der Waals surface area contributed by atoms with Crippen LogP contribution in [-0.4, -0.2) is 12.5 Å². The van der Waals surface area contributed by atoms with Gasteiger partial charge in [0.05, 0.1) is 5.41 Å². The third-order valence-corrected chi connectivity index (χ3v) is 3.74. The highest BCUT2D eigenvalue weighted by molar-refractivity contribution is 7.08.